The van der Waals surface area contributed by atoms with E-state index in [9.17, 15) is 4.39 Å². The quantitative estimate of drug-likeness (QED) is 0.822. The fraction of sp³-hybridized carbons (Fsp3) is 0.214. The Morgan fingerprint density at radius 2 is 2.17 bits per heavy atom. The van der Waals surface area contributed by atoms with Crippen LogP contribution >= 0.6 is 22.6 Å². The first kappa shape index (κ1) is 13.3. The number of hydrogen-bond donors (Lipinski definition) is 1. The molecule has 2 aromatic rings. The Labute approximate surface area is 120 Å². The first-order valence-corrected chi connectivity index (χ1v) is 6.90. The molecule has 4 heteroatoms. The number of nitrogens with zero attached hydrogens (tertiary/aromatic N) is 1. The fourth-order valence-electron chi connectivity index (χ4n) is 1.76. The number of pyridine rings is 1. The minimum atomic E-state index is -0.303. The van der Waals surface area contributed by atoms with Crippen molar-refractivity contribution in [1.29, 1.82) is 0 Å². The topological polar surface area (TPSA) is 24.9 Å². The highest BCUT2D eigenvalue weighted by molar-refractivity contribution is 14.1. The molecule has 0 aliphatic rings. The second-order valence-corrected chi connectivity index (χ2v) is 5.26. The second kappa shape index (κ2) is 6.13. The largest absolute Gasteiger partial charge is 0.377 e. The zero-order chi connectivity index (χ0) is 13.0. The lowest BCUT2D eigenvalue weighted by molar-refractivity contribution is 0.614. The highest BCUT2D eigenvalue weighted by atomic mass is 127. The molecule has 0 amide bonds. The summed E-state index contributed by atoms with van der Waals surface area (Å²) in [6, 6.07) is 11.4. The SMILES string of the molecule is CCC(Nc1cccc(I)c1)c1ccc(F)cn1. The van der Waals surface area contributed by atoms with E-state index in [1.165, 1.54) is 15.8 Å². The van der Waals surface area contributed by atoms with Crippen molar-refractivity contribution in [3.8, 4) is 0 Å². The van der Waals surface area contributed by atoms with Crippen molar-refractivity contribution in [3.05, 3.63) is 57.7 Å². The maximum absolute atomic E-state index is 12.8. The third-order valence-electron chi connectivity index (χ3n) is 2.68. The molecule has 1 N–H and O–H groups in total. The van der Waals surface area contributed by atoms with E-state index in [4.69, 9.17) is 0 Å². The summed E-state index contributed by atoms with van der Waals surface area (Å²) in [6.45, 7) is 2.08. The van der Waals surface area contributed by atoms with Gasteiger partial charge in [-0.2, -0.15) is 0 Å². The molecule has 94 valence electrons. The summed E-state index contributed by atoms with van der Waals surface area (Å²) in [5.41, 5.74) is 1.91. The lowest BCUT2D eigenvalue weighted by Gasteiger charge is -2.17. The normalized spacial score (nSPS) is 12.2. The maximum Gasteiger partial charge on any atom is 0.141 e. The third kappa shape index (κ3) is 3.41. The summed E-state index contributed by atoms with van der Waals surface area (Å²) in [7, 11) is 0. The van der Waals surface area contributed by atoms with Gasteiger partial charge in [0.25, 0.3) is 0 Å². The van der Waals surface area contributed by atoms with Crippen LogP contribution in [0.15, 0.2) is 42.6 Å². The van der Waals surface area contributed by atoms with E-state index in [1.54, 1.807) is 6.07 Å². The van der Waals surface area contributed by atoms with Gasteiger partial charge >= 0.3 is 0 Å². The van der Waals surface area contributed by atoms with Crippen molar-refractivity contribution in [1.82, 2.24) is 4.98 Å². The van der Waals surface area contributed by atoms with Crippen LogP contribution in [-0.4, -0.2) is 4.98 Å². The van der Waals surface area contributed by atoms with Gasteiger partial charge in [-0.3, -0.25) is 4.98 Å². The fourth-order valence-corrected chi connectivity index (χ4v) is 2.30. The average Bonchev–Trinajstić information content (AvgIpc) is 2.37. The smallest absolute Gasteiger partial charge is 0.141 e. The van der Waals surface area contributed by atoms with Crippen LogP contribution in [0.4, 0.5) is 10.1 Å². The van der Waals surface area contributed by atoms with E-state index in [1.807, 2.05) is 18.2 Å². The summed E-state index contributed by atoms with van der Waals surface area (Å²) < 4.78 is 14.0. The van der Waals surface area contributed by atoms with Crippen LogP contribution in [0.3, 0.4) is 0 Å². The number of rotatable bonds is 4. The monoisotopic (exact) mass is 356 g/mol. The van der Waals surface area contributed by atoms with Crippen LogP contribution in [0, 0.1) is 9.39 Å². The Morgan fingerprint density at radius 3 is 2.78 bits per heavy atom. The maximum atomic E-state index is 12.8. The van der Waals surface area contributed by atoms with Crippen LogP contribution in [0.5, 0.6) is 0 Å². The van der Waals surface area contributed by atoms with E-state index >= 15 is 0 Å². The molecular formula is C14H14FIN2. The van der Waals surface area contributed by atoms with E-state index < -0.39 is 0 Å². The van der Waals surface area contributed by atoms with Crippen LogP contribution < -0.4 is 5.32 Å². The molecule has 0 radical (unpaired) electrons. The van der Waals surface area contributed by atoms with Gasteiger partial charge in [0.2, 0.25) is 0 Å². The highest BCUT2D eigenvalue weighted by Gasteiger charge is 2.10. The number of aromatic nitrogens is 1. The average molecular weight is 356 g/mol. The molecule has 0 spiro atoms. The number of benzene rings is 1. The van der Waals surface area contributed by atoms with Gasteiger partial charge < -0.3 is 5.32 Å². The molecule has 1 aromatic heterocycles. The van der Waals surface area contributed by atoms with Crippen LogP contribution in [0.2, 0.25) is 0 Å². The number of nitrogens with one attached hydrogen (secondary N) is 1. The van der Waals surface area contributed by atoms with Gasteiger partial charge in [-0.25, -0.2) is 4.39 Å². The summed E-state index contributed by atoms with van der Waals surface area (Å²) >= 11 is 2.28. The van der Waals surface area contributed by atoms with E-state index in [0.29, 0.717) is 0 Å². The third-order valence-corrected chi connectivity index (χ3v) is 3.35. The molecule has 1 heterocycles. The molecule has 18 heavy (non-hydrogen) atoms. The molecule has 2 nitrogen and oxygen atoms in total. The van der Waals surface area contributed by atoms with Crippen LogP contribution in [0.1, 0.15) is 25.1 Å². The second-order valence-electron chi connectivity index (χ2n) is 4.02. The van der Waals surface area contributed by atoms with Crippen molar-refractivity contribution >= 4 is 28.3 Å². The first-order chi connectivity index (χ1) is 8.69. The van der Waals surface area contributed by atoms with Gasteiger partial charge in [-0.1, -0.05) is 13.0 Å². The summed E-state index contributed by atoms with van der Waals surface area (Å²) in [5.74, 6) is -0.303. The molecule has 1 unspecified atom stereocenters. The zero-order valence-electron chi connectivity index (χ0n) is 10.0. The number of anilines is 1. The number of hydrogen-bond acceptors (Lipinski definition) is 2. The molecule has 1 aromatic carbocycles. The summed E-state index contributed by atoms with van der Waals surface area (Å²) in [5, 5.41) is 3.42. The minimum absolute atomic E-state index is 0.101. The van der Waals surface area contributed by atoms with Crippen molar-refractivity contribution in [2.24, 2.45) is 0 Å². The van der Waals surface area contributed by atoms with E-state index in [2.05, 4.69) is 45.9 Å². The first-order valence-electron chi connectivity index (χ1n) is 5.82. The molecule has 1 atom stereocenters. The molecule has 0 bridgehead atoms. The van der Waals surface area contributed by atoms with Crippen molar-refractivity contribution < 1.29 is 4.39 Å². The van der Waals surface area contributed by atoms with Crippen LogP contribution in [0.25, 0.3) is 0 Å². The van der Waals surface area contributed by atoms with Gasteiger partial charge in [0.15, 0.2) is 0 Å². The minimum Gasteiger partial charge on any atom is -0.377 e. The van der Waals surface area contributed by atoms with Gasteiger partial charge in [0.05, 0.1) is 17.9 Å². The molecule has 0 saturated heterocycles. The summed E-state index contributed by atoms with van der Waals surface area (Å²) in [4.78, 5) is 4.13. The Kier molecular flexibility index (Phi) is 4.52. The Morgan fingerprint density at radius 1 is 1.33 bits per heavy atom. The predicted octanol–water partition coefficient (Wildman–Crippen LogP) is 4.39. The summed E-state index contributed by atoms with van der Waals surface area (Å²) in [6.07, 6.45) is 2.15. The van der Waals surface area contributed by atoms with Gasteiger partial charge in [0, 0.05) is 9.26 Å². The van der Waals surface area contributed by atoms with Crippen molar-refractivity contribution in [2.75, 3.05) is 5.32 Å². The lowest BCUT2D eigenvalue weighted by Crippen LogP contribution is -2.11. The Hall–Kier alpha value is -1.17. The number of halogens is 2. The predicted molar refractivity (Wildman–Crippen MR) is 80.0 cm³/mol. The molecular weight excluding hydrogens is 342 g/mol. The van der Waals surface area contributed by atoms with Crippen molar-refractivity contribution in [3.63, 3.8) is 0 Å². The van der Waals surface area contributed by atoms with Crippen molar-refractivity contribution in [2.45, 2.75) is 19.4 Å². The highest BCUT2D eigenvalue weighted by Crippen LogP contribution is 2.22. The van der Waals surface area contributed by atoms with E-state index in [0.717, 1.165) is 17.8 Å². The standard InChI is InChI=1S/C14H14FIN2/c1-2-13(14-7-6-10(15)9-17-14)18-12-5-3-4-11(16)8-12/h3-9,13,18H,2H2,1H3. The lowest BCUT2D eigenvalue weighted by atomic mass is 10.1. The van der Waals surface area contributed by atoms with Gasteiger partial charge in [-0.15, -0.1) is 0 Å². The van der Waals surface area contributed by atoms with E-state index in [-0.39, 0.29) is 11.9 Å². The molecule has 0 aliphatic heterocycles. The van der Waals surface area contributed by atoms with Crippen LogP contribution in [-0.2, 0) is 0 Å². The molecule has 0 fully saturated rings. The van der Waals surface area contributed by atoms with Gasteiger partial charge in [0.1, 0.15) is 5.82 Å². The Balaban J connectivity index is 2.17. The van der Waals surface area contributed by atoms with Gasteiger partial charge in [-0.05, 0) is 59.3 Å². The molecule has 2 rings (SSSR count). The zero-order valence-corrected chi connectivity index (χ0v) is 12.2. The Bertz CT molecular complexity index is 513. The molecule has 0 saturated carbocycles. The molecule has 0 aliphatic carbocycles.